The molecule has 0 bridgehead atoms. The van der Waals surface area contributed by atoms with Gasteiger partial charge in [0.1, 0.15) is 0 Å². The molecule has 0 aromatic heterocycles. The van der Waals surface area contributed by atoms with Crippen LogP contribution in [0.3, 0.4) is 0 Å². The number of rotatable bonds is 2. The second-order valence-electron chi connectivity index (χ2n) is 4.13. The summed E-state index contributed by atoms with van der Waals surface area (Å²) in [6.45, 7) is 5.13. The van der Waals surface area contributed by atoms with Crippen molar-refractivity contribution >= 4 is 28.9 Å². The molecule has 1 heterocycles. The summed E-state index contributed by atoms with van der Waals surface area (Å²) < 4.78 is 0. The maximum absolute atomic E-state index is 11.5. The lowest BCUT2D eigenvalue weighted by molar-refractivity contribution is -0.385. The molecule has 0 atom stereocenters. The molecular formula is C12H12N2O3S. The highest BCUT2D eigenvalue weighted by Gasteiger charge is 2.23. The number of hydrogen-bond acceptors (Lipinski definition) is 5. The van der Waals surface area contributed by atoms with Gasteiger partial charge in [-0.15, -0.1) is 0 Å². The van der Waals surface area contributed by atoms with Crippen molar-refractivity contribution in [2.75, 3.05) is 5.32 Å². The van der Waals surface area contributed by atoms with Gasteiger partial charge in [-0.3, -0.25) is 14.9 Å². The van der Waals surface area contributed by atoms with Gasteiger partial charge >= 0.3 is 0 Å². The zero-order chi connectivity index (χ0) is 13.4. The van der Waals surface area contributed by atoms with Gasteiger partial charge in [0.05, 0.1) is 15.5 Å². The molecule has 2 rings (SSSR count). The number of carbonyl (C=O) groups excluding carboxylic acids is 1. The first-order valence-electron chi connectivity index (χ1n) is 5.36. The summed E-state index contributed by atoms with van der Waals surface area (Å²) in [4.78, 5) is 23.2. The van der Waals surface area contributed by atoms with Crippen LogP contribution in [0.1, 0.15) is 19.4 Å². The molecule has 0 radical (unpaired) electrons. The van der Waals surface area contributed by atoms with Gasteiger partial charge in [-0.1, -0.05) is 11.8 Å². The van der Waals surface area contributed by atoms with E-state index in [1.165, 1.54) is 30.8 Å². The second-order valence-corrected chi connectivity index (χ2v) is 5.18. The highest BCUT2D eigenvalue weighted by Crippen LogP contribution is 2.43. The number of thioether (sulfide) groups is 1. The van der Waals surface area contributed by atoms with Crippen molar-refractivity contribution in [2.45, 2.75) is 25.7 Å². The molecule has 1 aromatic rings. The molecule has 6 heteroatoms. The van der Waals surface area contributed by atoms with Crippen LogP contribution >= 0.6 is 11.8 Å². The van der Waals surface area contributed by atoms with Crippen molar-refractivity contribution in [1.82, 2.24) is 0 Å². The number of aryl methyl sites for hydroxylation is 1. The van der Waals surface area contributed by atoms with Crippen molar-refractivity contribution in [1.29, 1.82) is 0 Å². The lowest BCUT2D eigenvalue weighted by Gasteiger charge is -2.22. The number of Topliss-reactive ketones (excluding diaryl/α,β-unsaturated/α-hetero) is 1. The summed E-state index contributed by atoms with van der Waals surface area (Å²) in [5.74, 6) is -0.0418. The third-order valence-electron chi connectivity index (χ3n) is 2.68. The fraction of sp³-hybridized carbons (Fsp3) is 0.250. The van der Waals surface area contributed by atoms with Gasteiger partial charge in [0.15, 0.2) is 5.78 Å². The minimum absolute atomic E-state index is 0.0418. The van der Waals surface area contributed by atoms with Gasteiger partial charge in [0.2, 0.25) is 0 Å². The predicted molar refractivity (Wildman–Crippen MR) is 70.7 cm³/mol. The Kier molecular flexibility index (Phi) is 3.13. The normalized spacial score (nSPS) is 13.9. The van der Waals surface area contributed by atoms with Crippen molar-refractivity contribution in [2.24, 2.45) is 0 Å². The molecule has 0 saturated carbocycles. The first kappa shape index (κ1) is 12.6. The van der Waals surface area contributed by atoms with Crippen LogP contribution < -0.4 is 5.32 Å². The Labute approximate surface area is 108 Å². The number of allylic oxidation sites excluding steroid dienone is 2. The summed E-state index contributed by atoms with van der Waals surface area (Å²) in [7, 11) is 0. The van der Waals surface area contributed by atoms with Gasteiger partial charge in [0, 0.05) is 22.7 Å². The van der Waals surface area contributed by atoms with E-state index in [0.717, 1.165) is 21.8 Å². The monoisotopic (exact) mass is 264 g/mol. The van der Waals surface area contributed by atoms with E-state index in [2.05, 4.69) is 5.32 Å². The fourth-order valence-corrected chi connectivity index (χ4v) is 2.91. The van der Waals surface area contributed by atoms with Crippen LogP contribution in [0.4, 0.5) is 11.4 Å². The largest absolute Gasteiger partial charge is 0.357 e. The molecule has 1 aliphatic rings. The van der Waals surface area contributed by atoms with Crippen LogP contribution in [0.15, 0.2) is 27.6 Å². The number of benzene rings is 1. The number of fused-ring (bicyclic) bond motifs is 1. The van der Waals surface area contributed by atoms with Crippen LogP contribution in [0.2, 0.25) is 0 Å². The van der Waals surface area contributed by atoms with Crippen LogP contribution in [-0.2, 0) is 4.79 Å². The molecule has 1 N–H and O–H groups in total. The Balaban J connectivity index is 2.53. The molecule has 0 spiro atoms. The molecule has 1 aliphatic heterocycles. The summed E-state index contributed by atoms with van der Waals surface area (Å²) in [5.41, 5.74) is 2.47. The number of nitro benzene ring substituents is 1. The van der Waals surface area contributed by atoms with Crippen LogP contribution in [0, 0.1) is 17.0 Å². The van der Waals surface area contributed by atoms with E-state index < -0.39 is 4.92 Å². The van der Waals surface area contributed by atoms with Crippen molar-refractivity contribution in [3.63, 3.8) is 0 Å². The Morgan fingerprint density at radius 2 is 2.06 bits per heavy atom. The zero-order valence-electron chi connectivity index (χ0n) is 10.2. The molecule has 0 aliphatic carbocycles. The summed E-state index contributed by atoms with van der Waals surface area (Å²) in [5, 5.41) is 14.0. The average molecular weight is 264 g/mol. The Hall–Kier alpha value is -1.82. The van der Waals surface area contributed by atoms with Gasteiger partial charge in [-0.2, -0.15) is 0 Å². The van der Waals surface area contributed by atoms with Crippen LogP contribution in [0.25, 0.3) is 0 Å². The highest BCUT2D eigenvalue weighted by molar-refractivity contribution is 8.04. The summed E-state index contributed by atoms with van der Waals surface area (Å²) in [6.07, 6.45) is 0. The number of anilines is 1. The minimum Gasteiger partial charge on any atom is -0.357 e. The minimum atomic E-state index is -0.424. The number of carbonyl (C=O) groups is 1. The Bertz CT molecular complexity index is 593. The van der Waals surface area contributed by atoms with E-state index in [1.807, 2.05) is 13.8 Å². The van der Waals surface area contributed by atoms with Crippen molar-refractivity contribution in [3.8, 4) is 0 Å². The first-order valence-corrected chi connectivity index (χ1v) is 6.17. The maximum atomic E-state index is 11.5. The van der Waals surface area contributed by atoms with E-state index in [-0.39, 0.29) is 11.5 Å². The summed E-state index contributed by atoms with van der Waals surface area (Å²) >= 11 is 1.28. The molecule has 94 valence electrons. The van der Waals surface area contributed by atoms with Crippen LogP contribution in [0.5, 0.6) is 0 Å². The number of ketones is 1. The van der Waals surface area contributed by atoms with E-state index in [9.17, 15) is 14.9 Å². The molecule has 0 unspecified atom stereocenters. The number of non-ortho nitro benzene ring substituents is 1. The number of nitro groups is 1. The van der Waals surface area contributed by atoms with Crippen molar-refractivity contribution < 1.29 is 9.72 Å². The highest BCUT2D eigenvalue weighted by atomic mass is 32.2. The third-order valence-corrected chi connectivity index (χ3v) is 4.02. The Morgan fingerprint density at radius 1 is 1.39 bits per heavy atom. The second kappa shape index (κ2) is 4.45. The first-order chi connectivity index (χ1) is 8.40. The average Bonchev–Trinajstić information content (AvgIpc) is 2.28. The lowest BCUT2D eigenvalue weighted by Crippen LogP contribution is -2.11. The molecular weight excluding hydrogens is 252 g/mol. The molecule has 0 amide bonds. The molecule has 18 heavy (non-hydrogen) atoms. The topological polar surface area (TPSA) is 72.2 Å². The van der Waals surface area contributed by atoms with E-state index in [0.29, 0.717) is 4.91 Å². The molecule has 0 fully saturated rings. The molecule has 5 nitrogen and oxygen atoms in total. The van der Waals surface area contributed by atoms with Gasteiger partial charge in [-0.05, 0) is 26.3 Å². The summed E-state index contributed by atoms with van der Waals surface area (Å²) in [6, 6.07) is 3.02. The van der Waals surface area contributed by atoms with Gasteiger partial charge in [-0.25, -0.2) is 0 Å². The smallest absolute Gasteiger partial charge is 0.270 e. The van der Waals surface area contributed by atoms with E-state index in [4.69, 9.17) is 0 Å². The van der Waals surface area contributed by atoms with E-state index in [1.54, 1.807) is 0 Å². The number of nitrogens with one attached hydrogen (secondary N) is 1. The lowest BCUT2D eigenvalue weighted by atomic mass is 10.1. The quantitative estimate of drug-likeness (QED) is 0.655. The van der Waals surface area contributed by atoms with Gasteiger partial charge < -0.3 is 5.32 Å². The maximum Gasteiger partial charge on any atom is 0.270 e. The SMILES string of the molecule is CC(=O)C1=C(C)Nc2c(C)cc([N+](=O)[O-])cc2S1. The number of nitrogens with zero attached hydrogens (tertiary/aromatic N) is 1. The fourth-order valence-electron chi connectivity index (χ4n) is 1.85. The molecule has 1 aromatic carbocycles. The zero-order valence-corrected chi connectivity index (χ0v) is 11.1. The third kappa shape index (κ3) is 2.11. The predicted octanol–water partition coefficient (Wildman–Crippen LogP) is 3.24. The van der Waals surface area contributed by atoms with Crippen molar-refractivity contribution in [3.05, 3.63) is 38.4 Å². The molecule has 0 saturated heterocycles. The van der Waals surface area contributed by atoms with Crippen LogP contribution in [-0.4, -0.2) is 10.7 Å². The Morgan fingerprint density at radius 3 is 2.61 bits per heavy atom. The van der Waals surface area contributed by atoms with Gasteiger partial charge in [0.25, 0.3) is 5.69 Å². The standard InChI is InChI=1S/C12H12N2O3S/c1-6-4-9(14(16)17)5-10-11(6)13-7(2)12(18-10)8(3)15/h4-5,13H,1-3H3. The number of hydrogen-bond donors (Lipinski definition) is 1. The van der Waals surface area contributed by atoms with E-state index >= 15 is 0 Å².